The number of carbonyl (C=O) groups is 2. The molecular weight excluding hydrogens is 366 g/mol. The first-order chi connectivity index (χ1) is 13.0. The van der Waals surface area contributed by atoms with Crippen molar-refractivity contribution in [1.82, 2.24) is 9.88 Å². The van der Waals surface area contributed by atoms with Gasteiger partial charge in [-0.1, -0.05) is 12.1 Å². The average molecular weight is 391 g/mol. The highest BCUT2D eigenvalue weighted by molar-refractivity contribution is 7.09. The number of urea groups is 1. The predicted molar refractivity (Wildman–Crippen MR) is 105 cm³/mol. The van der Waals surface area contributed by atoms with Crippen LogP contribution in [0.5, 0.6) is 0 Å². The van der Waals surface area contributed by atoms with Gasteiger partial charge in [-0.05, 0) is 38.0 Å². The number of aryl methyl sites for hydroxylation is 1. The number of anilines is 1. The lowest BCUT2D eigenvalue weighted by atomic mass is 10.2. The van der Waals surface area contributed by atoms with E-state index in [1.54, 1.807) is 24.3 Å². The number of nitrogens with zero attached hydrogens (tertiary/aromatic N) is 2. The molecular formula is C19H25N3O4S. The largest absolute Gasteiger partial charge is 0.461 e. The lowest BCUT2D eigenvalue weighted by molar-refractivity contribution is 0.0520. The van der Waals surface area contributed by atoms with Crippen LogP contribution in [0.3, 0.4) is 0 Å². The number of esters is 1. The van der Waals surface area contributed by atoms with Gasteiger partial charge in [-0.25, -0.2) is 14.6 Å². The van der Waals surface area contributed by atoms with E-state index in [2.05, 4.69) is 10.3 Å². The zero-order chi connectivity index (χ0) is 19.6. The number of hydrogen-bond acceptors (Lipinski definition) is 6. The van der Waals surface area contributed by atoms with E-state index in [-0.39, 0.29) is 11.7 Å². The Labute approximate surface area is 163 Å². The highest BCUT2D eigenvalue weighted by Gasteiger charge is 2.18. The SMILES string of the molecule is CCOC(=O)c1csc(CN(CCCOC)C(=O)Nc2cccc(C)c2)n1. The lowest BCUT2D eigenvalue weighted by Crippen LogP contribution is -2.35. The summed E-state index contributed by atoms with van der Waals surface area (Å²) in [6, 6.07) is 7.41. The molecule has 27 heavy (non-hydrogen) atoms. The Morgan fingerprint density at radius 2 is 2.15 bits per heavy atom. The van der Waals surface area contributed by atoms with E-state index >= 15 is 0 Å². The highest BCUT2D eigenvalue weighted by Crippen LogP contribution is 2.16. The molecule has 146 valence electrons. The first kappa shape index (κ1) is 20.9. The van der Waals surface area contributed by atoms with Gasteiger partial charge in [-0.15, -0.1) is 11.3 Å². The molecule has 0 spiro atoms. The molecule has 0 atom stereocenters. The van der Waals surface area contributed by atoms with Crippen LogP contribution in [0.4, 0.5) is 10.5 Å². The van der Waals surface area contributed by atoms with Gasteiger partial charge in [0.15, 0.2) is 5.69 Å². The van der Waals surface area contributed by atoms with Crippen LogP contribution in [0.2, 0.25) is 0 Å². The van der Waals surface area contributed by atoms with Crippen LogP contribution in [-0.2, 0) is 16.0 Å². The van der Waals surface area contributed by atoms with Gasteiger partial charge in [0.25, 0.3) is 0 Å². The summed E-state index contributed by atoms with van der Waals surface area (Å²) in [5.74, 6) is -0.449. The average Bonchev–Trinajstić information content (AvgIpc) is 3.10. The fraction of sp³-hybridized carbons (Fsp3) is 0.421. The van der Waals surface area contributed by atoms with E-state index in [0.29, 0.717) is 37.7 Å². The number of benzene rings is 1. The van der Waals surface area contributed by atoms with Crippen molar-refractivity contribution in [3.05, 3.63) is 45.9 Å². The quantitative estimate of drug-likeness (QED) is 0.521. The molecule has 0 aliphatic heterocycles. The molecule has 0 aliphatic carbocycles. The fourth-order valence-electron chi connectivity index (χ4n) is 2.42. The first-order valence-electron chi connectivity index (χ1n) is 8.76. The Bertz CT molecular complexity index is 763. The van der Waals surface area contributed by atoms with E-state index in [1.165, 1.54) is 11.3 Å². The number of methoxy groups -OCH3 is 1. The van der Waals surface area contributed by atoms with Crippen molar-refractivity contribution in [2.24, 2.45) is 0 Å². The van der Waals surface area contributed by atoms with Gasteiger partial charge < -0.3 is 19.7 Å². The summed E-state index contributed by atoms with van der Waals surface area (Å²) in [5.41, 5.74) is 2.08. The first-order valence-corrected chi connectivity index (χ1v) is 9.64. The highest BCUT2D eigenvalue weighted by atomic mass is 32.1. The van der Waals surface area contributed by atoms with E-state index in [4.69, 9.17) is 9.47 Å². The molecule has 7 nitrogen and oxygen atoms in total. The number of amides is 2. The molecule has 1 heterocycles. The normalized spacial score (nSPS) is 10.5. The van der Waals surface area contributed by atoms with Crippen LogP contribution in [0.15, 0.2) is 29.6 Å². The second kappa shape index (κ2) is 10.6. The van der Waals surface area contributed by atoms with Gasteiger partial charge in [0.05, 0.1) is 13.2 Å². The van der Waals surface area contributed by atoms with E-state index in [1.807, 2.05) is 31.2 Å². The van der Waals surface area contributed by atoms with Gasteiger partial charge in [0.1, 0.15) is 5.01 Å². The number of nitrogens with one attached hydrogen (secondary N) is 1. The van der Waals surface area contributed by atoms with Gasteiger partial charge in [-0.2, -0.15) is 0 Å². The van der Waals surface area contributed by atoms with E-state index < -0.39 is 5.97 Å². The summed E-state index contributed by atoms with van der Waals surface area (Å²) in [7, 11) is 1.63. The third kappa shape index (κ3) is 6.65. The number of aromatic nitrogens is 1. The molecule has 2 rings (SSSR count). The molecule has 1 N–H and O–H groups in total. The molecule has 0 fully saturated rings. The maximum absolute atomic E-state index is 12.7. The Balaban J connectivity index is 2.06. The molecule has 0 unspecified atom stereocenters. The maximum atomic E-state index is 12.7. The third-order valence-electron chi connectivity index (χ3n) is 3.70. The smallest absolute Gasteiger partial charge is 0.357 e. The van der Waals surface area contributed by atoms with Crippen molar-refractivity contribution in [3.8, 4) is 0 Å². The number of hydrogen-bond donors (Lipinski definition) is 1. The van der Waals surface area contributed by atoms with Gasteiger partial charge >= 0.3 is 12.0 Å². The van der Waals surface area contributed by atoms with Crippen LogP contribution < -0.4 is 5.32 Å². The van der Waals surface area contributed by atoms with Crippen LogP contribution in [0.25, 0.3) is 0 Å². The van der Waals surface area contributed by atoms with Crippen molar-refractivity contribution in [1.29, 1.82) is 0 Å². The summed E-state index contributed by atoms with van der Waals surface area (Å²) >= 11 is 1.33. The number of ether oxygens (including phenoxy) is 2. The van der Waals surface area contributed by atoms with Crippen molar-refractivity contribution >= 4 is 29.0 Å². The summed E-state index contributed by atoms with van der Waals surface area (Å²) in [6.45, 7) is 5.40. The van der Waals surface area contributed by atoms with Crippen LogP contribution in [0.1, 0.15) is 34.4 Å². The van der Waals surface area contributed by atoms with E-state index in [9.17, 15) is 9.59 Å². The fourth-order valence-corrected chi connectivity index (χ4v) is 3.20. The van der Waals surface area contributed by atoms with Gasteiger partial charge in [-0.3, -0.25) is 0 Å². The van der Waals surface area contributed by atoms with Crippen molar-refractivity contribution in [3.63, 3.8) is 0 Å². The summed E-state index contributed by atoms with van der Waals surface area (Å²) in [5, 5.41) is 5.24. The number of carbonyl (C=O) groups excluding carboxylic acids is 2. The van der Waals surface area contributed by atoms with Gasteiger partial charge in [0, 0.05) is 31.3 Å². The molecule has 1 aromatic heterocycles. The lowest BCUT2D eigenvalue weighted by Gasteiger charge is -2.22. The second-order valence-corrected chi connectivity index (χ2v) is 6.86. The van der Waals surface area contributed by atoms with Crippen LogP contribution in [0, 0.1) is 6.92 Å². The van der Waals surface area contributed by atoms with Crippen molar-refractivity contribution < 1.29 is 19.1 Å². The zero-order valence-electron chi connectivity index (χ0n) is 15.9. The number of thiazole rings is 1. The minimum atomic E-state index is -0.449. The summed E-state index contributed by atoms with van der Waals surface area (Å²) in [4.78, 5) is 30.5. The third-order valence-corrected chi connectivity index (χ3v) is 4.53. The Morgan fingerprint density at radius 3 is 2.85 bits per heavy atom. The predicted octanol–water partition coefficient (Wildman–Crippen LogP) is 3.70. The maximum Gasteiger partial charge on any atom is 0.357 e. The molecule has 2 aromatic rings. The molecule has 0 bridgehead atoms. The minimum Gasteiger partial charge on any atom is -0.461 e. The molecule has 8 heteroatoms. The van der Waals surface area contributed by atoms with Crippen LogP contribution >= 0.6 is 11.3 Å². The topological polar surface area (TPSA) is 80.8 Å². The summed E-state index contributed by atoms with van der Waals surface area (Å²) < 4.78 is 10.0. The Morgan fingerprint density at radius 1 is 1.33 bits per heavy atom. The molecule has 0 saturated heterocycles. The second-order valence-electron chi connectivity index (χ2n) is 5.91. The van der Waals surface area contributed by atoms with E-state index in [0.717, 1.165) is 11.3 Å². The zero-order valence-corrected chi connectivity index (χ0v) is 16.7. The Kier molecular flexibility index (Phi) is 8.22. The van der Waals surface area contributed by atoms with Crippen molar-refractivity contribution in [2.75, 3.05) is 32.2 Å². The van der Waals surface area contributed by atoms with Gasteiger partial charge in [0.2, 0.25) is 0 Å². The molecule has 0 aliphatic rings. The molecule has 2 amide bonds. The molecule has 0 radical (unpaired) electrons. The monoisotopic (exact) mass is 391 g/mol. The Hall–Kier alpha value is -2.45. The minimum absolute atomic E-state index is 0.218. The van der Waals surface area contributed by atoms with Crippen molar-refractivity contribution in [2.45, 2.75) is 26.8 Å². The van der Waals surface area contributed by atoms with Crippen LogP contribution in [-0.4, -0.2) is 48.8 Å². The number of rotatable bonds is 9. The molecule has 0 saturated carbocycles. The summed E-state index contributed by atoms with van der Waals surface area (Å²) in [6.07, 6.45) is 0.702. The molecule has 1 aromatic carbocycles. The standard InChI is InChI=1S/C19H25N3O4S/c1-4-26-18(23)16-13-27-17(21-16)12-22(9-6-10-25-3)19(24)20-15-8-5-7-14(2)11-15/h5,7-8,11,13H,4,6,9-10,12H2,1-3H3,(H,20,24).